The molecule has 1 aliphatic carbocycles. The van der Waals surface area contributed by atoms with Crippen LogP contribution in [0.2, 0.25) is 5.02 Å². The summed E-state index contributed by atoms with van der Waals surface area (Å²) in [6.45, 7) is 3.55. The van der Waals surface area contributed by atoms with Crippen LogP contribution in [-0.2, 0) is 0 Å². The van der Waals surface area contributed by atoms with Gasteiger partial charge in [-0.1, -0.05) is 16.8 Å². The highest BCUT2D eigenvalue weighted by Crippen LogP contribution is 2.34. The molecule has 0 radical (unpaired) electrons. The lowest BCUT2D eigenvalue weighted by atomic mass is 9.84. The van der Waals surface area contributed by atoms with Crippen molar-refractivity contribution in [3.63, 3.8) is 0 Å². The van der Waals surface area contributed by atoms with E-state index in [2.05, 4.69) is 10.1 Å². The number of nitrogens with zero attached hydrogens (tertiary/aromatic N) is 2. The van der Waals surface area contributed by atoms with E-state index >= 15 is 0 Å². The molecular weight excluding hydrogens is 369 g/mol. The van der Waals surface area contributed by atoms with Crippen LogP contribution in [0, 0.1) is 5.92 Å². The number of halogens is 2. The average Bonchev–Trinajstić information content (AvgIpc) is 3.05. The van der Waals surface area contributed by atoms with Crippen LogP contribution >= 0.6 is 24.0 Å². The van der Waals surface area contributed by atoms with Gasteiger partial charge in [-0.05, 0) is 88.7 Å². The molecule has 4 nitrogen and oxygen atoms in total. The van der Waals surface area contributed by atoms with Crippen molar-refractivity contribution in [2.24, 2.45) is 11.7 Å². The van der Waals surface area contributed by atoms with Gasteiger partial charge in [-0.3, -0.25) is 0 Å². The third-order valence-electron chi connectivity index (χ3n) is 6.18. The molecule has 2 heterocycles. The fourth-order valence-corrected chi connectivity index (χ4v) is 4.67. The number of fused-ring (bicyclic) bond motifs is 1. The van der Waals surface area contributed by atoms with Crippen LogP contribution in [0.4, 0.5) is 0 Å². The summed E-state index contributed by atoms with van der Waals surface area (Å²) in [5.74, 6) is 1.38. The van der Waals surface area contributed by atoms with E-state index < -0.39 is 0 Å². The van der Waals surface area contributed by atoms with Crippen molar-refractivity contribution >= 4 is 35.0 Å². The quantitative estimate of drug-likeness (QED) is 0.788. The Balaban J connectivity index is 0.00000196. The first-order valence-corrected chi connectivity index (χ1v) is 10.1. The van der Waals surface area contributed by atoms with Gasteiger partial charge in [0.05, 0.1) is 5.69 Å². The van der Waals surface area contributed by atoms with Gasteiger partial charge in [0.15, 0.2) is 5.58 Å². The third kappa shape index (κ3) is 4.53. The molecule has 2 aromatic rings. The maximum absolute atomic E-state index is 6.15. The second-order valence-corrected chi connectivity index (χ2v) is 8.33. The molecule has 1 aliphatic heterocycles. The summed E-state index contributed by atoms with van der Waals surface area (Å²) in [6, 6.07) is 6.22. The molecule has 0 amide bonds. The molecule has 26 heavy (non-hydrogen) atoms. The Kier molecular flexibility index (Phi) is 6.84. The summed E-state index contributed by atoms with van der Waals surface area (Å²) in [7, 11) is 0. The number of likely N-dealkylation sites (tertiary alicyclic amines) is 1. The molecule has 2 fully saturated rings. The number of aromatic nitrogens is 1. The molecule has 144 valence electrons. The van der Waals surface area contributed by atoms with Gasteiger partial charge >= 0.3 is 0 Å². The molecule has 1 aromatic carbocycles. The van der Waals surface area contributed by atoms with Crippen LogP contribution in [0.3, 0.4) is 0 Å². The van der Waals surface area contributed by atoms with Crippen LogP contribution < -0.4 is 5.73 Å². The van der Waals surface area contributed by atoms with Crippen LogP contribution in [-0.4, -0.2) is 35.7 Å². The van der Waals surface area contributed by atoms with E-state index in [1.165, 1.54) is 38.6 Å². The molecule has 2 aliphatic rings. The van der Waals surface area contributed by atoms with Gasteiger partial charge in [-0.15, -0.1) is 12.4 Å². The third-order valence-corrected chi connectivity index (χ3v) is 6.41. The first-order valence-electron chi connectivity index (χ1n) is 9.72. The Morgan fingerprint density at radius 2 is 1.85 bits per heavy atom. The van der Waals surface area contributed by atoms with Gasteiger partial charge in [-0.2, -0.15) is 0 Å². The summed E-state index contributed by atoms with van der Waals surface area (Å²) in [6.07, 6.45) is 8.73. The van der Waals surface area contributed by atoms with Crippen molar-refractivity contribution in [2.45, 2.75) is 56.9 Å². The zero-order valence-corrected chi connectivity index (χ0v) is 16.8. The molecule has 2 N–H and O–H groups in total. The monoisotopic (exact) mass is 397 g/mol. The van der Waals surface area contributed by atoms with Crippen molar-refractivity contribution in [3.8, 4) is 0 Å². The minimum atomic E-state index is 0. The Morgan fingerprint density at radius 1 is 1.12 bits per heavy atom. The highest BCUT2D eigenvalue weighted by molar-refractivity contribution is 6.31. The van der Waals surface area contributed by atoms with E-state index in [1.807, 2.05) is 18.2 Å². The van der Waals surface area contributed by atoms with E-state index in [1.54, 1.807) is 0 Å². The lowest BCUT2D eigenvalue weighted by Crippen LogP contribution is -2.35. The zero-order valence-electron chi connectivity index (χ0n) is 15.2. The largest absolute Gasteiger partial charge is 0.356 e. The Bertz CT molecular complexity index is 704. The van der Waals surface area contributed by atoms with Crippen molar-refractivity contribution in [3.05, 3.63) is 28.9 Å². The first kappa shape index (κ1) is 19.9. The topological polar surface area (TPSA) is 55.3 Å². The molecule has 1 aromatic heterocycles. The summed E-state index contributed by atoms with van der Waals surface area (Å²) < 4.78 is 5.49. The molecule has 4 rings (SSSR count). The maximum atomic E-state index is 6.15. The van der Waals surface area contributed by atoms with E-state index in [0.717, 1.165) is 53.5 Å². The highest BCUT2D eigenvalue weighted by Gasteiger charge is 2.26. The smallest absolute Gasteiger partial charge is 0.167 e. The van der Waals surface area contributed by atoms with Crippen LogP contribution in [0.1, 0.15) is 56.6 Å². The summed E-state index contributed by atoms with van der Waals surface area (Å²) in [4.78, 5) is 2.63. The first-order chi connectivity index (χ1) is 12.2. The minimum Gasteiger partial charge on any atom is -0.356 e. The van der Waals surface area contributed by atoms with E-state index in [-0.39, 0.29) is 12.4 Å². The molecule has 0 unspecified atom stereocenters. The Morgan fingerprint density at radius 3 is 2.58 bits per heavy atom. The summed E-state index contributed by atoms with van der Waals surface area (Å²) in [5.41, 5.74) is 7.95. The van der Waals surface area contributed by atoms with E-state index in [9.17, 15) is 0 Å². The number of hydrogen-bond acceptors (Lipinski definition) is 4. The number of hydrogen-bond donors (Lipinski definition) is 1. The van der Waals surface area contributed by atoms with Crippen LogP contribution in [0.15, 0.2) is 22.7 Å². The zero-order chi connectivity index (χ0) is 17.2. The molecule has 0 bridgehead atoms. The molecule has 1 saturated heterocycles. The molecular formula is C20H29Cl2N3O. The van der Waals surface area contributed by atoms with Gasteiger partial charge in [0.1, 0.15) is 0 Å². The molecule has 0 spiro atoms. The van der Waals surface area contributed by atoms with E-state index in [4.69, 9.17) is 21.9 Å². The van der Waals surface area contributed by atoms with Gasteiger partial charge in [0.2, 0.25) is 0 Å². The van der Waals surface area contributed by atoms with Gasteiger partial charge in [0, 0.05) is 22.4 Å². The van der Waals surface area contributed by atoms with Crippen LogP contribution in [0.25, 0.3) is 11.0 Å². The second-order valence-electron chi connectivity index (χ2n) is 7.89. The van der Waals surface area contributed by atoms with Gasteiger partial charge in [0.25, 0.3) is 0 Å². The second kappa shape index (κ2) is 8.92. The van der Waals surface area contributed by atoms with E-state index in [0.29, 0.717) is 12.0 Å². The van der Waals surface area contributed by atoms with Gasteiger partial charge in [-0.25, -0.2) is 0 Å². The van der Waals surface area contributed by atoms with Gasteiger partial charge < -0.3 is 15.2 Å². The van der Waals surface area contributed by atoms with Crippen molar-refractivity contribution in [1.82, 2.24) is 10.1 Å². The molecule has 0 atom stereocenters. The fraction of sp³-hybridized carbons (Fsp3) is 0.650. The molecule has 1 saturated carbocycles. The predicted octanol–water partition coefficient (Wildman–Crippen LogP) is 4.99. The lowest BCUT2D eigenvalue weighted by molar-refractivity contribution is 0.184. The summed E-state index contributed by atoms with van der Waals surface area (Å²) >= 11 is 6.15. The highest BCUT2D eigenvalue weighted by atomic mass is 35.5. The molecule has 6 heteroatoms. The average molecular weight is 398 g/mol. The minimum absolute atomic E-state index is 0. The van der Waals surface area contributed by atoms with Crippen molar-refractivity contribution < 1.29 is 4.52 Å². The Hall–Kier alpha value is -0.810. The number of benzene rings is 1. The lowest BCUT2D eigenvalue weighted by Gasteiger charge is -2.33. The number of nitrogens with two attached hydrogens (primary N) is 1. The maximum Gasteiger partial charge on any atom is 0.167 e. The van der Waals surface area contributed by atoms with Crippen LogP contribution in [0.5, 0.6) is 0 Å². The van der Waals surface area contributed by atoms with Crippen molar-refractivity contribution in [2.75, 3.05) is 19.6 Å². The number of rotatable bonds is 4. The normalized spacial score (nSPS) is 25.3. The fourth-order valence-electron chi connectivity index (χ4n) is 4.50. The Labute approximate surface area is 166 Å². The standard InChI is InChI=1S/C20H28ClN3O.ClH/c21-16-3-6-19-18(13-16)20(23-25-19)15-8-11-24(12-9-15)10-7-14-1-4-17(22)5-2-14;/h3,6,13-15,17H,1-2,4-5,7-12,22H2;1H. The SMILES string of the molecule is Cl.NC1CCC(CCN2CCC(c3noc4ccc(Cl)cc34)CC2)CC1. The van der Waals surface area contributed by atoms with Crippen molar-refractivity contribution in [1.29, 1.82) is 0 Å². The summed E-state index contributed by atoms with van der Waals surface area (Å²) in [5, 5.41) is 6.19. The predicted molar refractivity (Wildman–Crippen MR) is 109 cm³/mol. The number of piperidine rings is 1.